The van der Waals surface area contributed by atoms with Crippen molar-refractivity contribution in [1.82, 2.24) is 0 Å². The lowest BCUT2D eigenvalue weighted by Crippen LogP contribution is -2.05. The fourth-order valence-electron chi connectivity index (χ4n) is 1.78. The van der Waals surface area contributed by atoms with Gasteiger partial charge in [0.05, 0.1) is 21.3 Å². The third-order valence-corrected chi connectivity index (χ3v) is 4.32. The number of halogens is 2. The summed E-state index contributed by atoms with van der Waals surface area (Å²) in [6, 6.07) is 8.88. The molecule has 0 aromatic heterocycles. The molecule has 3 N–H and O–H groups in total. The maximum absolute atomic E-state index is 13.1. The summed E-state index contributed by atoms with van der Waals surface area (Å²) >= 11 is 5.70. The third-order valence-electron chi connectivity index (χ3n) is 2.92. The summed E-state index contributed by atoms with van der Waals surface area (Å²) in [4.78, 5) is 0.162. The second kappa shape index (κ2) is 5.91. The van der Waals surface area contributed by atoms with Gasteiger partial charge >= 0.3 is 0 Å². The van der Waals surface area contributed by atoms with Crippen LogP contribution in [0.15, 0.2) is 41.3 Å². The van der Waals surface area contributed by atoms with Crippen LogP contribution in [0.5, 0.6) is 0 Å². The van der Waals surface area contributed by atoms with E-state index in [-0.39, 0.29) is 9.92 Å². The van der Waals surface area contributed by atoms with Crippen LogP contribution >= 0.6 is 11.6 Å². The van der Waals surface area contributed by atoms with Gasteiger partial charge in [0.2, 0.25) is 0 Å². The molecule has 7 heteroatoms. The zero-order valence-corrected chi connectivity index (χ0v) is 12.8. The first kappa shape index (κ1) is 15.6. The monoisotopic (exact) mass is 328 g/mol. The van der Waals surface area contributed by atoms with E-state index in [0.717, 1.165) is 11.8 Å². The van der Waals surface area contributed by atoms with Crippen molar-refractivity contribution in [2.24, 2.45) is 0 Å². The van der Waals surface area contributed by atoms with E-state index in [9.17, 15) is 12.8 Å². The van der Waals surface area contributed by atoms with E-state index in [0.29, 0.717) is 17.9 Å². The van der Waals surface area contributed by atoms with Gasteiger partial charge in [-0.05, 0) is 35.9 Å². The van der Waals surface area contributed by atoms with Crippen molar-refractivity contribution < 1.29 is 12.8 Å². The van der Waals surface area contributed by atoms with Crippen LogP contribution in [0.4, 0.5) is 15.8 Å². The minimum absolute atomic E-state index is 0.0506. The first-order chi connectivity index (χ1) is 9.77. The fourth-order valence-corrected chi connectivity index (χ4v) is 2.64. The molecule has 0 atom stereocenters. The average molecular weight is 329 g/mol. The van der Waals surface area contributed by atoms with Gasteiger partial charge in [-0.1, -0.05) is 17.7 Å². The van der Waals surface area contributed by atoms with Crippen molar-refractivity contribution in [2.75, 3.05) is 17.3 Å². The van der Waals surface area contributed by atoms with E-state index in [2.05, 4.69) is 5.32 Å². The number of sulfone groups is 1. The summed E-state index contributed by atoms with van der Waals surface area (Å²) in [6.45, 7) is 0.391. The van der Waals surface area contributed by atoms with Crippen LogP contribution in [0, 0.1) is 5.82 Å². The molecule has 0 spiro atoms. The molecular weight excluding hydrogens is 315 g/mol. The fraction of sp³-hybridized carbons (Fsp3) is 0.143. The van der Waals surface area contributed by atoms with Gasteiger partial charge in [-0.3, -0.25) is 0 Å². The predicted octanol–water partition coefficient (Wildman–Crippen LogP) is 3.08. The molecule has 0 radical (unpaired) electrons. The molecule has 2 aromatic rings. The van der Waals surface area contributed by atoms with Crippen molar-refractivity contribution in [2.45, 2.75) is 11.4 Å². The highest BCUT2D eigenvalue weighted by molar-refractivity contribution is 7.90. The molecule has 0 saturated carbocycles. The Balaban J connectivity index is 2.15. The molecular formula is C14H14ClFN2O2S. The quantitative estimate of drug-likeness (QED) is 0.846. The van der Waals surface area contributed by atoms with Crippen LogP contribution in [-0.2, 0) is 16.4 Å². The van der Waals surface area contributed by atoms with Crippen molar-refractivity contribution in [1.29, 1.82) is 0 Å². The number of nitrogens with one attached hydrogen (secondary N) is 1. The molecule has 0 saturated heterocycles. The summed E-state index contributed by atoms with van der Waals surface area (Å²) in [5, 5.41) is 3.10. The molecule has 0 amide bonds. The molecule has 0 heterocycles. The van der Waals surface area contributed by atoms with Gasteiger partial charge in [0.25, 0.3) is 0 Å². The van der Waals surface area contributed by atoms with Gasteiger partial charge in [0, 0.05) is 12.8 Å². The summed E-state index contributed by atoms with van der Waals surface area (Å²) in [5.74, 6) is -0.475. The molecule has 0 aliphatic carbocycles. The number of benzene rings is 2. The number of anilines is 2. The standard InChI is InChI=1S/C14H14ClFN2O2S/c1-21(19,20)10-3-5-14(13(17)7-10)18-8-9-2-4-12(16)11(15)6-9/h2-7,18H,8,17H2,1H3. The summed E-state index contributed by atoms with van der Waals surface area (Å²) in [6.07, 6.45) is 1.12. The largest absolute Gasteiger partial charge is 0.397 e. The third kappa shape index (κ3) is 3.86. The molecule has 112 valence electrons. The van der Waals surface area contributed by atoms with Crippen LogP contribution < -0.4 is 11.1 Å². The van der Waals surface area contributed by atoms with Gasteiger partial charge in [0.1, 0.15) is 5.82 Å². The minimum atomic E-state index is -3.29. The van der Waals surface area contributed by atoms with Crippen molar-refractivity contribution in [3.05, 3.63) is 52.8 Å². The molecule has 21 heavy (non-hydrogen) atoms. The first-order valence-electron chi connectivity index (χ1n) is 6.05. The van der Waals surface area contributed by atoms with E-state index in [1.54, 1.807) is 12.1 Å². The predicted molar refractivity (Wildman–Crippen MR) is 82.7 cm³/mol. The smallest absolute Gasteiger partial charge is 0.175 e. The minimum Gasteiger partial charge on any atom is -0.397 e. The lowest BCUT2D eigenvalue weighted by Gasteiger charge is -2.11. The van der Waals surface area contributed by atoms with Crippen LogP contribution in [-0.4, -0.2) is 14.7 Å². The lowest BCUT2D eigenvalue weighted by atomic mass is 10.2. The highest BCUT2D eigenvalue weighted by Gasteiger charge is 2.09. The summed E-state index contributed by atoms with van der Waals surface area (Å²) in [7, 11) is -3.29. The SMILES string of the molecule is CS(=O)(=O)c1ccc(NCc2ccc(F)c(Cl)c2)c(N)c1. The molecule has 0 aliphatic rings. The second-order valence-corrected chi connectivity index (χ2v) is 7.05. The van der Waals surface area contributed by atoms with Crippen LogP contribution in [0.25, 0.3) is 0 Å². The number of hydrogen-bond donors (Lipinski definition) is 2. The lowest BCUT2D eigenvalue weighted by molar-refractivity contribution is 0.602. The van der Waals surface area contributed by atoms with E-state index >= 15 is 0 Å². The van der Waals surface area contributed by atoms with Crippen LogP contribution in [0.3, 0.4) is 0 Å². The molecule has 0 unspecified atom stereocenters. The van der Waals surface area contributed by atoms with Gasteiger partial charge in [0.15, 0.2) is 9.84 Å². The molecule has 2 rings (SSSR count). The number of rotatable bonds is 4. The topological polar surface area (TPSA) is 72.2 Å². The van der Waals surface area contributed by atoms with E-state index in [4.69, 9.17) is 17.3 Å². The molecule has 4 nitrogen and oxygen atoms in total. The Bertz CT molecular complexity index is 779. The van der Waals surface area contributed by atoms with Crippen molar-refractivity contribution in [3.63, 3.8) is 0 Å². The van der Waals surface area contributed by atoms with Gasteiger partial charge < -0.3 is 11.1 Å². The molecule has 0 aliphatic heterocycles. The summed E-state index contributed by atoms with van der Waals surface area (Å²) in [5.41, 5.74) is 7.53. The van der Waals surface area contributed by atoms with Crippen molar-refractivity contribution in [3.8, 4) is 0 Å². The Morgan fingerprint density at radius 2 is 1.95 bits per heavy atom. The van der Waals surface area contributed by atoms with Crippen molar-refractivity contribution >= 4 is 32.8 Å². The average Bonchev–Trinajstić information content (AvgIpc) is 2.40. The van der Waals surface area contributed by atoms with Gasteiger partial charge in [-0.2, -0.15) is 0 Å². The highest BCUT2D eigenvalue weighted by atomic mass is 35.5. The summed E-state index contributed by atoms with van der Waals surface area (Å²) < 4.78 is 35.9. The molecule has 0 fully saturated rings. The second-order valence-electron chi connectivity index (χ2n) is 4.62. The van der Waals surface area contributed by atoms with E-state index in [1.165, 1.54) is 24.3 Å². The van der Waals surface area contributed by atoms with E-state index in [1.807, 2.05) is 0 Å². The van der Waals surface area contributed by atoms with Gasteiger partial charge in [-0.15, -0.1) is 0 Å². The van der Waals surface area contributed by atoms with Gasteiger partial charge in [-0.25, -0.2) is 12.8 Å². The maximum atomic E-state index is 13.1. The Morgan fingerprint density at radius 1 is 1.24 bits per heavy atom. The Labute approximate surface area is 127 Å². The van der Waals surface area contributed by atoms with E-state index < -0.39 is 15.7 Å². The van der Waals surface area contributed by atoms with Crippen LogP contribution in [0.2, 0.25) is 5.02 Å². The number of nitrogens with two attached hydrogens (primary N) is 1. The number of hydrogen-bond acceptors (Lipinski definition) is 4. The highest BCUT2D eigenvalue weighted by Crippen LogP contribution is 2.24. The molecule has 2 aromatic carbocycles. The Kier molecular flexibility index (Phi) is 4.39. The number of nitrogen functional groups attached to an aromatic ring is 1. The molecule has 0 bridgehead atoms. The first-order valence-corrected chi connectivity index (χ1v) is 8.31. The maximum Gasteiger partial charge on any atom is 0.175 e. The normalized spacial score (nSPS) is 11.4. The Morgan fingerprint density at radius 3 is 2.52 bits per heavy atom. The van der Waals surface area contributed by atoms with Crippen LogP contribution in [0.1, 0.15) is 5.56 Å². The zero-order valence-electron chi connectivity index (χ0n) is 11.2. The Hall–Kier alpha value is -1.79. The zero-order chi connectivity index (χ0) is 15.6.